The SMILES string of the molecule is CCC[SiH](NCCN)O[Si](C)C. The van der Waals surface area contributed by atoms with Crippen LogP contribution in [0.4, 0.5) is 0 Å². The number of nitrogens with two attached hydrogens (primary N) is 1. The Morgan fingerprint density at radius 2 is 2.17 bits per heavy atom. The topological polar surface area (TPSA) is 47.3 Å². The Bertz CT molecular complexity index is 103. The lowest BCUT2D eigenvalue weighted by Crippen LogP contribution is -2.42. The van der Waals surface area contributed by atoms with E-state index in [0.717, 1.165) is 6.54 Å². The highest BCUT2D eigenvalue weighted by atomic mass is 28.4. The van der Waals surface area contributed by atoms with Crippen molar-refractivity contribution in [1.82, 2.24) is 4.98 Å². The summed E-state index contributed by atoms with van der Waals surface area (Å²) in [4.78, 5) is 3.42. The third kappa shape index (κ3) is 6.99. The first-order chi connectivity index (χ1) is 5.70. The van der Waals surface area contributed by atoms with E-state index in [2.05, 4.69) is 25.0 Å². The summed E-state index contributed by atoms with van der Waals surface area (Å²) in [7, 11) is -1.62. The Morgan fingerprint density at radius 3 is 2.58 bits per heavy atom. The van der Waals surface area contributed by atoms with Crippen molar-refractivity contribution in [1.29, 1.82) is 0 Å². The molecule has 73 valence electrons. The highest BCUT2D eigenvalue weighted by Gasteiger charge is 2.11. The zero-order valence-corrected chi connectivity index (χ0v) is 10.5. The summed E-state index contributed by atoms with van der Waals surface area (Å²) in [5, 5.41) is 0. The first kappa shape index (κ1) is 12.3. The lowest BCUT2D eigenvalue weighted by Gasteiger charge is -2.18. The van der Waals surface area contributed by atoms with Crippen LogP contribution in [0.2, 0.25) is 19.1 Å². The molecule has 3 nitrogen and oxygen atoms in total. The molecule has 12 heavy (non-hydrogen) atoms. The smallest absolute Gasteiger partial charge is 0.241 e. The first-order valence-electron chi connectivity index (χ1n) is 4.61. The summed E-state index contributed by atoms with van der Waals surface area (Å²) in [6.45, 7) is 8.19. The van der Waals surface area contributed by atoms with Crippen molar-refractivity contribution in [3.8, 4) is 0 Å². The van der Waals surface area contributed by atoms with E-state index in [1.54, 1.807) is 0 Å². The summed E-state index contributed by atoms with van der Waals surface area (Å²) < 4.78 is 5.87. The van der Waals surface area contributed by atoms with Gasteiger partial charge in [-0.2, -0.15) is 0 Å². The van der Waals surface area contributed by atoms with Gasteiger partial charge in [0.25, 0.3) is 0 Å². The van der Waals surface area contributed by atoms with Crippen molar-refractivity contribution in [2.45, 2.75) is 32.5 Å². The molecular weight excluding hydrogens is 184 g/mol. The van der Waals surface area contributed by atoms with Gasteiger partial charge in [0, 0.05) is 13.1 Å². The maximum Gasteiger partial charge on any atom is 0.241 e. The summed E-state index contributed by atoms with van der Waals surface area (Å²) in [6, 6.07) is 1.22. The van der Waals surface area contributed by atoms with Crippen LogP contribution in [0.15, 0.2) is 0 Å². The van der Waals surface area contributed by atoms with Gasteiger partial charge in [-0.1, -0.05) is 13.3 Å². The standard InChI is InChI=1S/C7H21N2OSi2/c1-4-7-12(9-6-5-8)10-11(2)3/h9,12H,4-8H2,1-3H3. The fourth-order valence-corrected chi connectivity index (χ4v) is 5.29. The molecule has 0 saturated carbocycles. The summed E-state index contributed by atoms with van der Waals surface area (Å²) >= 11 is 0. The number of hydrogen-bond donors (Lipinski definition) is 2. The Hall–Kier alpha value is 0.314. The minimum Gasteiger partial charge on any atom is -0.447 e. The lowest BCUT2D eigenvalue weighted by atomic mass is 10.6. The van der Waals surface area contributed by atoms with Crippen LogP contribution in [0.5, 0.6) is 0 Å². The average molecular weight is 205 g/mol. The van der Waals surface area contributed by atoms with Gasteiger partial charge in [0.2, 0.25) is 9.20 Å². The van der Waals surface area contributed by atoms with Crippen LogP contribution in [0.1, 0.15) is 13.3 Å². The van der Waals surface area contributed by atoms with Gasteiger partial charge in [-0.15, -0.1) is 0 Å². The van der Waals surface area contributed by atoms with Gasteiger partial charge >= 0.3 is 0 Å². The molecule has 0 amide bonds. The highest BCUT2D eigenvalue weighted by Crippen LogP contribution is 1.97. The molecule has 0 aromatic rings. The van der Waals surface area contributed by atoms with Gasteiger partial charge in [-0.05, 0) is 19.1 Å². The second kappa shape index (κ2) is 7.94. The fraction of sp³-hybridized carbons (Fsp3) is 1.00. The lowest BCUT2D eigenvalue weighted by molar-refractivity contribution is 0.562. The first-order valence-corrected chi connectivity index (χ1v) is 8.88. The molecule has 3 N–H and O–H groups in total. The van der Waals surface area contributed by atoms with Crippen molar-refractivity contribution in [3.05, 3.63) is 0 Å². The van der Waals surface area contributed by atoms with Crippen LogP contribution in [0, 0.1) is 0 Å². The molecule has 0 aliphatic heterocycles. The van der Waals surface area contributed by atoms with E-state index in [1.807, 2.05) is 0 Å². The quantitative estimate of drug-likeness (QED) is 0.593. The Balaban J connectivity index is 3.54. The van der Waals surface area contributed by atoms with Crippen LogP contribution >= 0.6 is 0 Å². The van der Waals surface area contributed by atoms with Gasteiger partial charge in [0.15, 0.2) is 9.04 Å². The molecule has 0 bridgehead atoms. The van der Waals surface area contributed by atoms with Crippen molar-refractivity contribution in [3.63, 3.8) is 0 Å². The van der Waals surface area contributed by atoms with Gasteiger partial charge in [-0.3, -0.25) is 0 Å². The fourth-order valence-electron chi connectivity index (χ4n) is 0.994. The van der Waals surface area contributed by atoms with E-state index >= 15 is 0 Å². The van der Waals surface area contributed by atoms with E-state index in [9.17, 15) is 0 Å². The molecule has 0 saturated heterocycles. The third-order valence-electron chi connectivity index (χ3n) is 1.45. The molecule has 1 unspecified atom stereocenters. The van der Waals surface area contributed by atoms with E-state index < -0.39 is 18.2 Å². The van der Waals surface area contributed by atoms with Gasteiger partial charge in [-0.25, -0.2) is 0 Å². The van der Waals surface area contributed by atoms with Crippen molar-refractivity contribution >= 4 is 18.2 Å². The second-order valence-electron chi connectivity index (χ2n) is 3.05. The minimum atomic E-state index is -1.09. The Kier molecular flexibility index (Phi) is 8.14. The average Bonchev–Trinajstić information content (AvgIpc) is 2.00. The molecule has 0 spiro atoms. The molecule has 0 fully saturated rings. The molecule has 0 rings (SSSR count). The number of rotatable bonds is 7. The molecule has 0 heterocycles. The monoisotopic (exact) mass is 205 g/mol. The van der Waals surface area contributed by atoms with Crippen LogP contribution < -0.4 is 10.7 Å². The molecule has 5 heteroatoms. The molecule has 0 aliphatic carbocycles. The predicted molar refractivity (Wildman–Crippen MR) is 57.9 cm³/mol. The van der Waals surface area contributed by atoms with E-state index in [-0.39, 0.29) is 0 Å². The number of hydrogen-bond acceptors (Lipinski definition) is 3. The normalized spacial score (nSPS) is 13.8. The zero-order chi connectivity index (χ0) is 9.40. The zero-order valence-electron chi connectivity index (χ0n) is 8.39. The molecular formula is C7H21N2OSi2. The molecule has 0 aromatic heterocycles. The highest BCUT2D eigenvalue weighted by molar-refractivity contribution is 6.63. The second-order valence-corrected chi connectivity index (χ2v) is 7.77. The van der Waals surface area contributed by atoms with Crippen molar-refractivity contribution in [2.75, 3.05) is 13.1 Å². The largest absolute Gasteiger partial charge is 0.447 e. The van der Waals surface area contributed by atoms with Crippen LogP contribution in [-0.4, -0.2) is 31.3 Å². The molecule has 0 aromatic carbocycles. The molecule has 1 atom stereocenters. The Morgan fingerprint density at radius 1 is 1.50 bits per heavy atom. The minimum absolute atomic E-state index is 0.527. The van der Waals surface area contributed by atoms with E-state index in [1.165, 1.54) is 12.5 Å². The predicted octanol–water partition coefficient (Wildman–Crippen LogP) is 0.433. The molecule has 1 radical (unpaired) electrons. The van der Waals surface area contributed by atoms with Gasteiger partial charge in [0.1, 0.15) is 0 Å². The number of nitrogens with one attached hydrogen (secondary N) is 1. The summed E-state index contributed by atoms with van der Waals surface area (Å²) in [5.41, 5.74) is 5.42. The van der Waals surface area contributed by atoms with Gasteiger partial charge in [0.05, 0.1) is 0 Å². The van der Waals surface area contributed by atoms with E-state index in [0.29, 0.717) is 6.54 Å². The third-order valence-corrected chi connectivity index (χ3v) is 6.31. The van der Waals surface area contributed by atoms with Crippen LogP contribution in [0.25, 0.3) is 0 Å². The van der Waals surface area contributed by atoms with Crippen molar-refractivity contribution < 1.29 is 4.12 Å². The summed E-state index contributed by atoms with van der Waals surface area (Å²) in [6.07, 6.45) is 1.21. The van der Waals surface area contributed by atoms with Gasteiger partial charge < -0.3 is 14.8 Å². The van der Waals surface area contributed by atoms with Crippen LogP contribution in [-0.2, 0) is 4.12 Å². The Labute approximate surface area is 79.2 Å². The van der Waals surface area contributed by atoms with E-state index in [4.69, 9.17) is 9.85 Å². The summed E-state index contributed by atoms with van der Waals surface area (Å²) in [5.74, 6) is 0. The van der Waals surface area contributed by atoms with Crippen molar-refractivity contribution in [2.24, 2.45) is 5.73 Å². The molecule has 0 aliphatic rings. The van der Waals surface area contributed by atoms with Crippen LogP contribution in [0.3, 0.4) is 0 Å². The maximum atomic E-state index is 5.87. The maximum absolute atomic E-state index is 5.87.